The third kappa shape index (κ3) is 4.64. The van der Waals surface area contributed by atoms with Gasteiger partial charge in [0.1, 0.15) is 11.6 Å². The van der Waals surface area contributed by atoms with Gasteiger partial charge in [-0.3, -0.25) is 24.3 Å². The summed E-state index contributed by atoms with van der Waals surface area (Å²) in [7, 11) is 0. The van der Waals surface area contributed by atoms with E-state index >= 15 is 0 Å². The monoisotopic (exact) mass is 482 g/mol. The predicted molar refractivity (Wildman–Crippen MR) is 124 cm³/mol. The van der Waals surface area contributed by atoms with Crippen molar-refractivity contribution in [2.24, 2.45) is 0 Å². The number of para-hydroxylation sites is 1. The summed E-state index contributed by atoms with van der Waals surface area (Å²) < 4.78 is 29.1. The first-order valence-electron chi connectivity index (χ1n) is 9.94. The molecule has 1 amide bonds. The molecule has 0 bridgehead atoms. The van der Waals surface area contributed by atoms with E-state index in [1.54, 1.807) is 31.2 Å². The minimum atomic E-state index is -0.955. The summed E-state index contributed by atoms with van der Waals surface area (Å²) in [5.74, 6) is -2.22. The lowest BCUT2D eigenvalue weighted by Gasteiger charge is -2.17. The summed E-state index contributed by atoms with van der Waals surface area (Å²) in [5, 5.41) is 12.9. The number of nitrogens with zero attached hydrogens (tertiary/aromatic N) is 3. The van der Waals surface area contributed by atoms with Gasteiger partial charge in [-0.15, -0.1) is 0 Å². The molecular weight excluding hydrogens is 466 g/mol. The van der Waals surface area contributed by atoms with Gasteiger partial charge in [-0.2, -0.15) is 0 Å². The minimum absolute atomic E-state index is 0.0422. The highest BCUT2D eigenvalue weighted by Gasteiger charge is 2.22. The Labute approximate surface area is 195 Å². The predicted octanol–water partition coefficient (Wildman–Crippen LogP) is 4.69. The second-order valence-corrected chi connectivity index (χ2v) is 8.51. The maximum absolute atomic E-state index is 14.6. The average Bonchev–Trinajstić information content (AvgIpc) is 2.80. The van der Waals surface area contributed by atoms with Crippen LogP contribution in [0.25, 0.3) is 16.6 Å². The van der Waals surface area contributed by atoms with Crippen molar-refractivity contribution < 1.29 is 18.5 Å². The summed E-state index contributed by atoms with van der Waals surface area (Å²) in [6, 6.07) is 14.6. The van der Waals surface area contributed by atoms with Gasteiger partial charge >= 0.3 is 0 Å². The molecule has 1 unspecified atom stereocenters. The normalized spacial score (nSPS) is 11.9. The summed E-state index contributed by atoms with van der Waals surface area (Å²) in [4.78, 5) is 40.6. The molecule has 0 aliphatic heterocycles. The third-order valence-corrected chi connectivity index (χ3v) is 5.94. The number of amides is 1. The van der Waals surface area contributed by atoms with Crippen LogP contribution in [0, 0.1) is 21.7 Å². The number of carbonyl (C=O) groups excluding carboxylic acids is 1. The summed E-state index contributed by atoms with van der Waals surface area (Å²) in [6.07, 6.45) is 0. The van der Waals surface area contributed by atoms with Gasteiger partial charge in [0, 0.05) is 23.9 Å². The van der Waals surface area contributed by atoms with E-state index in [4.69, 9.17) is 0 Å². The topological polar surface area (TPSA) is 107 Å². The molecular formula is C23H16F2N4O4S. The molecule has 34 heavy (non-hydrogen) atoms. The SMILES string of the molecule is CC(Sc1nc2ccccc2c(=O)n1-c1ccc(F)cc1F)C(=O)Nc1ccc([N+](=O)[O-])cc1. The Morgan fingerprint density at radius 1 is 1.12 bits per heavy atom. The van der Waals surface area contributed by atoms with E-state index < -0.39 is 33.3 Å². The lowest BCUT2D eigenvalue weighted by Crippen LogP contribution is -2.26. The second-order valence-electron chi connectivity index (χ2n) is 7.20. The van der Waals surface area contributed by atoms with Gasteiger partial charge in [0.2, 0.25) is 5.91 Å². The van der Waals surface area contributed by atoms with Crippen LogP contribution in [0.5, 0.6) is 0 Å². The number of anilines is 1. The number of fused-ring (bicyclic) bond motifs is 1. The first-order valence-corrected chi connectivity index (χ1v) is 10.8. The molecule has 0 fully saturated rings. The largest absolute Gasteiger partial charge is 0.325 e. The van der Waals surface area contributed by atoms with E-state index in [0.717, 1.165) is 28.5 Å². The van der Waals surface area contributed by atoms with Crippen molar-refractivity contribution in [3.05, 3.63) is 98.8 Å². The van der Waals surface area contributed by atoms with Crippen molar-refractivity contribution in [3.63, 3.8) is 0 Å². The summed E-state index contributed by atoms with van der Waals surface area (Å²) >= 11 is 0.914. The number of hydrogen-bond acceptors (Lipinski definition) is 6. The lowest BCUT2D eigenvalue weighted by atomic mass is 10.2. The van der Waals surface area contributed by atoms with Gasteiger partial charge < -0.3 is 5.32 Å². The molecule has 0 aliphatic rings. The zero-order valence-corrected chi connectivity index (χ0v) is 18.4. The second kappa shape index (κ2) is 9.40. The molecule has 1 aromatic heterocycles. The standard InChI is InChI=1S/C23H16F2N4O4S/c1-13(21(30)26-15-7-9-16(10-8-15)29(32)33)34-23-27-19-5-3-2-4-17(19)22(31)28(23)20-11-6-14(24)12-18(20)25/h2-13H,1H3,(H,26,30). The molecule has 4 rings (SSSR count). The number of benzene rings is 3. The Bertz CT molecular complexity index is 1470. The van der Waals surface area contributed by atoms with E-state index in [0.29, 0.717) is 17.3 Å². The molecule has 8 nitrogen and oxygen atoms in total. The number of rotatable bonds is 6. The highest BCUT2D eigenvalue weighted by Crippen LogP contribution is 2.27. The first kappa shape index (κ1) is 23.1. The van der Waals surface area contributed by atoms with Crippen molar-refractivity contribution in [1.29, 1.82) is 0 Å². The van der Waals surface area contributed by atoms with Gasteiger partial charge in [0.25, 0.3) is 11.2 Å². The summed E-state index contributed by atoms with van der Waals surface area (Å²) in [5.41, 5.74) is -0.184. The Kier molecular flexibility index (Phi) is 6.37. The molecule has 1 atom stereocenters. The molecule has 1 heterocycles. The number of nitro benzene ring substituents is 1. The Morgan fingerprint density at radius 3 is 2.50 bits per heavy atom. The van der Waals surface area contributed by atoms with Crippen LogP contribution in [0.4, 0.5) is 20.2 Å². The fraction of sp³-hybridized carbons (Fsp3) is 0.0870. The highest BCUT2D eigenvalue weighted by molar-refractivity contribution is 8.00. The maximum atomic E-state index is 14.6. The number of halogens is 2. The molecule has 0 radical (unpaired) electrons. The molecule has 0 saturated carbocycles. The fourth-order valence-corrected chi connectivity index (χ4v) is 4.11. The van der Waals surface area contributed by atoms with Gasteiger partial charge in [-0.25, -0.2) is 13.8 Å². The Morgan fingerprint density at radius 2 is 1.82 bits per heavy atom. The van der Waals surface area contributed by atoms with Crippen LogP contribution in [0.1, 0.15) is 6.92 Å². The quantitative estimate of drug-likeness (QED) is 0.185. The van der Waals surface area contributed by atoms with E-state index in [-0.39, 0.29) is 21.9 Å². The zero-order valence-electron chi connectivity index (χ0n) is 17.6. The van der Waals surface area contributed by atoms with E-state index in [2.05, 4.69) is 10.3 Å². The number of hydrogen-bond donors (Lipinski definition) is 1. The molecule has 3 aromatic carbocycles. The number of aromatic nitrogens is 2. The zero-order chi connectivity index (χ0) is 24.4. The van der Waals surface area contributed by atoms with Crippen molar-refractivity contribution in [1.82, 2.24) is 9.55 Å². The van der Waals surface area contributed by atoms with Crippen LogP contribution in [0.2, 0.25) is 0 Å². The van der Waals surface area contributed by atoms with Gasteiger partial charge in [0.15, 0.2) is 5.16 Å². The van der Waals surface area contributed by atoms with E-state index in [1.165, 1.54) is 24.3 Å². The number of non-ortho nitro benzene ring substituents is 1. The molecule has 0 aliphatic carbocycles. The number of nitro groups is 1. The van der Waals surface area contributed by atoms with Gasteiger partial charge in [-0.05, 0) is 43.3 Å². The van der Waals surface area contributed by atoms with Crippen molar-refractivity contribution in [3.8, 4) is 5.69 Å². The molecule has 11 heteroatoms. The lowest BCUT2D eigenvalue weighted by molar-refractivity contribution is -0.384. The van der Waals surface area contributed by atoms with Crippen molar-refractivity contribution in [2.45, 2.75) is 17.3 Å². The smallest absolute Gasteiger partial charge is 0.269 e. The molecule has 1 N–H and O–H groups in total. The maximum Gasteiger partial charge on any atom is 0.269 e. The fourth-order valence-electron chi connectivity index (χ4n) is 3.19. The minimum Gasteiger partial charge on any atom is -0.325 e. The van der Waals surface area contributed by atoms with Crippen LogP contribution < -0.4 is 10.9 Å². The van der Waals surface area contributed by atoms with E-state index in [9.17, 15) is 28.5 Å². The van der Waals surface area contributed by atoms with Crippen LogP contribution in [-0.2, 0) is 4.79 Å². The van der Waals surface area contributed by atoms with Crippen LogP contribution in [0.3, 0.4) is 0 Å². The molecule has 4 aromatic rings. The molecule has 0 saturated heterocycles. The third-order valence-electron chi connectivity index (χ3n) is 4.89. The molecule has 0 spiro atoms. The van der Waals surface area contributed by atoms with Crippen molar-refractivity contribution in [2.75, 3.05) is 5.32 Å². The van der Waals surface area contributed by atoms with Crippen LogP contribution in [0.15, 0.2) is 76.7 Å². The van der Waals surface area contributed by atoms with Gasteiger partial charge in [0.05, 0.1) is 26.8 Å². The van der Waals surface area contributed by atoms with Gasteiger partial charge in [-0.1, -0.05) is 23.9 Å². The van der Waals surface area contributed by atoms with E-state index in [1.807, 2.05) is 0 Å². The summed E-state index contributed by atoms with van der Waals surface area (Å²) in [6.45, 7) is 1.57. The van der Waals surface area contributed by atoms with Crippen LogP contribution in [-0.4, -0.2) is 25.6 Å². The first-order chi connectivity index (χ1) is 16.2. The number of nitrogens with one attached hydrogen (secondary N) is 1. The Hall–Kier alpha value is -4.12. The van der Waals surface area contributed by atoms with Crippen molar-refractivity contribution >= 4 is 39.9 Å². The molecule has 172 valence electrons. The number of carbonyl (C=O) groups is 1. The van der Waals surface area contributed by atoms with Crippen LogP contribution >= 0.6 is 11.8 Å². The highest BCUT2D eigenvalue weighted by atomic mass is 32.2. The number of thioether (sulfide) groups is 1. The Balaban J connectivity index is 1.69. The average molecular weight is 482 g/mol.